The molecule has 0 saturated heterocycles. The van der Waals surface area contributed by atoms with Gasteiger partial charge in [0.15, 0.2) is 11.5 Å². The van der Waals surface area contributed by atoms with Crippen LogP contribution in [0, 0.1) is 0 Å². The number of anilines is 1. The highest BCUT2D eigenvalue weighted by Crippen LogP contribution is 2.34. The van der Waals surface area contributed by atoms with Crippen molar-refractivity contribution in [1.29, 1.82) is 0 Å². The zero-order valence-electron chi connectivity index (χ0n) is 15.3. The third kappa shape index (κ3) is 4.16. The van der Waals surface area contributed by atoms with Gasteiger partial charge < -0.3 is 15.0 Å². The molecule has 2 amide bonds. The Bertz CT molecular complexity index is 1060. The Morgan fingerprint density at radius 1 is 1.14 bits per heavy atom. The lowest BCUT2D eigenvalue weighted by Crippen LogP contribution is -2.30. The zero-order chi connectivity index (χ0) is 21.0. The maximum atomic E-state index is 13.1. The van der Waals surface area contributed by atoms with Crippen molar-refractivity contribution in [2.45, 2.75) is 0 Å². The molecule has 0 atom stereocenters. The summed E-state index contributed by atoms with van der Waals surface area (Å²) in [5.41, 5.74) is 1.23. The fraction of sp³-hybridized carbons (Fsp3) is 0.100. The predicted molar refractivity (Wildman–Crippen MR) is 112 cm³/mol. The maximum Gasteiger partial charge on any atom is 0.274 e. The molecule has 9 heteroatoms. The summed E-state index contributed by atoms with van der Waals surface area (Å²) < 4.78 is 1.58. The SMILES string of the molecule is CN(CC=O)C(=O)c1c(NC=O)nc(-c2ccccc2Cl)n1-c1ccc(Cl)cc1. The van der Waals surface area contributed by atoms with Gasteiger partial charge in [0.05, 0.1) is 11.6 Å². The third-order valence-electron chi connectivity index (χ3n) is 4.17. The molecule has 0 aliphatic carbocycles. The molecule has 0 bridgehead atoms. The van der Waals surface area contributed by atoms with Crippen molar-refractivity contribution >= 4 is 47.6 Å². The van der Waals surface area contributed by atoms with Crippen LogP contribution in [-0.4, -0.2) is 46.6 Å². The maximum absolute atomic E-state index is 13.1. The number of aromatic nitrogens is 2. The van der Waals surface area contributed by atoms with Crippen molar-refractivity contribution in [3.63, 3.8) is 0 Å². The van der Waals surface area contributed by atoms with Gasteiger partial charge in [-0.05, 0) is 36.4 Å². The van der Waals surface area contributed by atoms with Gasteiger partial charge in [-0.3, -0.25) is 14.2 Å². The fourth-order valence-corrected chi connectivity index (χ4v) is 3.16. The molecule has 0 spiro atoms. The number of carbonyl (C=O) groups excluding carboxylic acids is 3. The van der Waals surface area contributed by atoms with E-state index in [0.717, 1.165) is 0 Å². The lowest BCUT2D eigenvalue weighted by atomic mass is 10.2. The molecular formula is C20H16Cl2N4O3. The third-order valence-corrected chi connectivity index (χ3v) is 4.75. The van der Waals surface area contributed by atoms with E-state index >= 15 is 0 Å². The largest absolute Gasteiger partial charge is 0.333 e. The number of nitrogens with one attached hydrogen (secondary N) is 1. The van der Waals surface area contributed by atoms with Crippen LogP contribution in [0.1, 0.15) is 10.5 Å². The van der Waals surface area contributed by atoms with E-state index in [9.17, 15) is 14.4 Å². The Morgan fingerprint density at radius 3 is 2.45 bits per heavy atom. The minimum Gasteiger partial charge on any atom is -0.333 e. The van der Waals surface area contributed by atoms with E-state index in [2.05, 4.69) is 10.3 Å². The minimum absolute atomic E-state index is 0.0487. The number of benzene rings is 2. The van der Waals surface area contributed by atoms with Crippen molar-refractivity contribution in [3.8, 4) is 17.1 Å². The Morgan fingerprint density at radius 2 is 1.83 bits per heavy atom. The normalized spacial score (nSPS) is 10.4. The summed E-state index contributed by atoms with van der Waals surface area (Å²) in [5.74, 6) is -0.0973. The van der Waals surface area contributed by atoms with E-state index in [1.165, 1.54) is 11.9 Å². The van der Waals surface area contributed by atoms with Gasteiger partial charge in [-0.1, -0.05) is 35.3 Å². The van der Waals surface area contributed by atoms with Crippen LogP contribution in [0.2, 0.25) is 10.0 Å². The molecule has 1 N–H and O–H groups in total. The number of carbonyl (C=O) groups is 3. The molecule has 2 aromatic carbocycles. The molecule has 148 valence electrons. The standard InChI is InChI=1S/C20H16Cl2N4O3/c1-25(10-11-27)20(29)17-18(23-12-28)24-19(15-4-2-3-5-16(15)22)26(17)14-8-6-13(21)7-9-14/h2-9,11-12H,10H2,1H3,(H,23,28). The summed E-state index contributed by atoms with van der Waals surface area (Å²) in [6.07, 6.45) is 1.05. The highest BCUT2D eigenvalue weighted by molar-refractivity contribution is 6.33. The monoisotopic (exact) mass is 430 g/mol. The Balaban J connectivity index is 2.34. The van der Waals surface area contributed by atoms with Crippen LogP contribution < -0.4 is 5.32 Å². The van der Waals surface area contributed by atoms with Gasteiger partial charge in [0.25, 0.3) is 5.91 Å². The van der Waals surface area contributed by atoms with Crippen molar-refractivity contribution < 1.29 is 14.4 Å². The summed E-state index contributed by atoms with van der Waals surface area (Å²) in [6.45, 7) is -0.118. The van der Waals surface area contributed by atoms with Crippen LogP contribution in [0.25, 0.3) is 17.1 Å². The number of rotatable bonds is 7. The number of hydrogen-bond donors (Lipinski definition) is 1. The molecule has 3 aromatic rings. The molecule has 0 aliphatic heterocycles. The van der Waals surface area contributed by atoms with Gasteiger partial charge in [-0.15, -0.1) is 0 Å². The number of likely N-dealkylation sites (N-methyl/N-ethyl adjacent to an activating group) is 1. The van der Waals surface area contributed by atoms with E-state index in [1.807, 2.05) is 0 Å². The van der Waals surface area contributed by atoms with Crippen molar-refractivity contribution in [3.05, 3.63) is 64.3 Å². The van der Waals surface area contributed by atoms with Crippen molar-refractivity contribution in [2.75, 3.05) is 18.9 Å². The van der Waals surface area contributed by atoms with Gasteiger partial charge in [0.1, 0.15) is 12.1 Å². The lowest BCUT2D eigenvalue weighted by molar-refractivity contribution is -0.108. The first-order valence-corrected chi connectivity index (χ1v) is 9.26. The van der Waals surface area contributed by atoms with E-state index in [4.69, 9.17) is 23.2 Å². The van der Waals surface area contributed by atoms with Gasteiger partial charge in [-0.25, -0.2) is 4.98 Å². The molecule has 0 aliphatic rings. The van der Waals surface area contributed by atoms with E-state index in [-0.39, 0.29) is 18.1 Å². The lowest BCUT2D eigenvalue weighted by Gasteiger charge is -2.17. The number of aldehydes is 1. The first-order chi connectivity index (χ1) is 14.0. The fourth-order valence-electron chi connectivity index (χ4n) is 2.81. The van der Waals surface area contributed by atoms with Gasteiger partial charge in [0, 0.05) is 23.3 Å². The topological polar surface area (TPSA) is 84.3 Å². The number of imidazole rings is 1. The average Bonchev–Trinajstić information content (AvgIpc) is 3.07. The van der Waals surface area contributed by atoms with Crippen molar-refractivity contribution in [2.24, 2.45) is 0 Å². The summed E-state index contributed by atoms with van der Waals surface area (Å²) in [6, 6.07) is 13.8. The molecule has 1 heterocycles. The second-order valence-corrected chi connectivity index (χ2v) is 6.88. The molecule has 0 unspecified atom stereocenters. The van der Waals surface area contributed by atoms with Crippen LogP contribution in [0.15, 0.2) is 48.5 Å². The molecular weight excluding hydrogens is 415 g/mol. The number of amides is 2. The molecule has 3 rings (SSSR count). The number of halogens is 2. The van der Waals surface area contributed by atoms with E-state index < -0.39 is 5.91 Å². The van der Waals surface area contributed by atoms with Crippen LogP contribution in [-0.2, 0) is 9.59 Å². The first kappa shape index (κ1) is 20.6. The van der Waals surface area contributed by atoms with E-state index in [0.29, 0.717) is 39.8 Å². The van der Waals surface area contributed by atoms with E-state index in [1.54, 1.807) is 53.1 Å². The smallest absolute Gasteiger partial charge is 0.274 e. The molecule has 29 heavy (non-hydrogen) atoms. The average molecular weight is 431 g/mol. The molecule has 0 fully saturated rings. The summed E-state index contributed by atoms with van der Waals surface area (Å²) in [7, 11) is 1.48. The van der Waals surface area contributed by atoms with Crippen molar-refractivity contribution in [1.82, 2.24) is 14.5 Å². The summed E-state index contributed by atoms with van der Waals surface area (Å²) in [5, 5.41) is 3.41. The Kier molecular flexibility index (Phi) is 6.31. The highest BCUT2D eigenvalue weighted by Gasteiger charge is 2.28. The van der Waals surface area contributed by atoms with Gasteiger partial charge in [0.2, 0.25) is 6.41 Å². The molecule has 0 radical (unpaired) electrons. The zero-order valence-corrected chi connectivity index (χ0v) is 16.8. The van der Waals surface area contributed by atoms with Crippen LogP contribution in [0.5, 0.6) is 0 Å². The second kappa shape index (κ2) is 8.89. The Labute approximate surface area is 176 Å². The number of hydrogen-bond acceptors (Lipinski definition) is 4. The second-order valence-electron chi connectivity index (χ2n) is 6.04. The van der Waals surface area contributed by atoms with Crippen LogP contribution in [0.3, 0.4) is 0 Å². The molecule has 7 nitrogen and oxygen atoms in total. The summed E-state index contributed by atoms with van der Waals surface area (Å²) >= 11 is 12.4. The highest BCUT2D eigenvalue weighted by atomic mass is 35.5. The number of nitrogens with zero attached hydrogens (tertiary/aromatic N) is 3. The van der Waals surface area contributed by atoms with Gasteiger partial charge in [-0.2, -0.15) is 0 Å². The first-order valence-electron chi connectivity index (χ1n) is 8.50. The molecule has 1 aromatic heterocycles. The quantitative estimate of drug-likeness (QED) is 0.579. The molecule has 0 saturated carbocycles. The predicted octanol–water partition coefficient (Wildman–Crippen LogP) is 3.69. The van der Waals surface area contributed by atoms with Crippen LogP contribution in [0.4, 0.5) is 5.82 Å². The minimum atomic E-state index is -0.498. The van der Waals surface area contributed by atoms with Gasteiger partial charge >= 0.3 is 0 Å². The Hall–Kier alpha value is -3.16. The summed E-state index contributed by atoms with van der Waals surface area (Å²) in [4.78, 5) is 40.9. The van der Waals surface area contributed by atoms with Crippen LogP contribution >= 0.6 is 23.2 Å².